The normalized spacial score (nSPS) is 12.8. The Kier molecular flexibility index (Phi) is 5.42. The van der Waals surface area contributed by atoms with Crippen molar-refractivity contribution in [1.29, 1.82) is 5.26 Å². The number of benzene rings is 1. The van der Waals surface area contributed by atoms with E-state index >= 15 is 0 Å². The second-order valence-electron chi connectivity index (χ2n) is 6.07. The SMILES string of the molecule is Cc1nn(C)c(C)c1CC(C)NS(=O)(=O)Cc1cccc(C#N)c1. The minimum atomic E-state index is -3.48. The molecule has 128 valence electrons. The van der Waals surface area contributed by atoms with Crippen LogP contribution < -0.4 is 4.72 Å². The maximum absolute atomic E-state index is 12.4. The topological polar surface area (TPSA) is 87.8 Å². The highest BCUT2D eigenvalue weighted by molar-refractivity contribution is 7.88. The number of rotatable bonds is 6. The lowest BCUT2D eigenvalue weighted by atomic mass is 10.1. The molecule has 1 aromatic heterocycles. The molecule has 7 heteroatoms. The van der Waals surface area contributed by atoms with Gasteiger partial charge in [-0.1, -0.05) is 12.1 Å². The van der Waals surface area contributed by atoms with Gasteiger partial charge in [0.2, 0.25) is 10.0 Å². The molecule has 0 radical (unpaired) electrons. The molecule has 1 atom stereocenters. The number of nitrogens with zero attached hydrogens (tertiary/aromatic N) is 3. The predicted molar refractivity (Wildman–Crippen MR) is 92.8 cm³/mol. The predicted octanol–water partition coefficient (Wildman–Crippen LogP) is 1.96. The van der Waals surface area contributed by atoms with E-state index in [9.17, 15) is 8.42 Å². The van der Waals surface area contributed by atoms with Gasteiger partial charge in [-0.25, -0.2) is 13.1 Å². The molecule has 0 spiro atoms. The van der Waals surface area contributed by atoms with Crippen LogP contribution in [0.15, 0.2) is 24.3 Å². The monoisotopic (exact) mass is 346 g/mol. The van der Waals surface area contributed by atoms with E-state index < -0.39 is 10.0 Å². The molecule has 0 saturated carbocycles. The first-order valence-electron chi connectivity index (χ1n) is 7.70. The third-order valence-corrected chi connectivity index (χ3v) is 5.44. The summed E-state index contributed by atoms with van der Waals surface area (Å²) in [5, 5.41) is 13.3. The van der Waals surface area contributed by atoms with Crippen LogP contribution in [0.1, 0.15) is 35.0 Å². The Labute approximate surface area is 143 Å². The minimum Gasteiger partial charge on any atom is -0.272 e. The molecule has 0 saturated heterocycles. The van der Waals surface area contributed by atoms with Gasteiger partial charge in [0.05, 0.1) is 23.1 Å². The molecule has 1 heterocycles. The summed E-state index contributed by atoms with van der Waals surface area (Å²) in [5.74, 6) is -0.141. The summed E-state index contributed by atoms with van der Waals surface area (Å²) in [5.41, 5.74) is 4.09. The lowest BCUT2D eigenvalue weighted by molar-refractivity contribution is 0.558. The number of aromatic nitrogens is 2. The minimum absolute atomic E-state index is 0.141. The van der Waals surface area contributed by atoms with E-state index in [1.165, 1.54) is 0 Å². The molecule has 0 aliphatic heterocycles. The Bertz CT molecular complexity index is 878. The largest absolute Gasteiger partial charge is 0.272 e. The molecule has 0 bridgehead atoms. The van der Waals surface area contributed by atoms with Crippen LogP contribution in [0, 0.1) is 25.2 Å². The van der Waals surface area contributed by atoms with Crippen LogP contribution in [0.5, 0.6) is 0 Å². The zero-order valence-electron chi connectivity index (χ0n) is 14.4. The molecule has 1 unspecified atom stereocenters. The summed E-state index contributed by atoms with van der Waals surface area (Å²) in [7, 11) is -1.61. The van der Waals surface area contributed by atoms with Crippen molar-refractivity contribution in [3.05, 3.63) is 52.3 Å². The third kappa shape index (κ3) is 4.43. The zero-order valence-corrected chi connectivity index (χ0v) is 15.2. The fraction of sp³-hybridized carbons (Fsp3) is 0.412. The van der Waals surface area contributed by atoms with Crippen molar-refractivity contribution in [2.24, 2.45) is 7.05 Å². The van der Waals surface area contributed by atoms with Crippen LogP contribution in [0.25, 0.3) is 0 Å². The Morgan fingerprint density at radius 2 is 2.08 bits per heavy atom. The Hall–Kier alpha value is -2.17. The number of nitrogens with one attached hydrogen (secondary N) is 1. The molecule has 1 N–H and O–H groups in total. The van der Waals surface area contributed by atoms with E-state index in [4.69, 9.17) is 5.26 Å². The van der Waals surface area contributed by atoms with Gasteiger partial charge < -0.3 is 0 Å². The summed E-state index contributed by atoms with van der Waals surface area (Å²) in [6, 6.07) is 8.42. The van der Waals surface area contributed by atoms with Gasteiger partial charge in [-0.2, -0.15) is 10.4 Å². The molecule has 2 aromatic rings. The van der Waals surface area contributed by atoms with Gasteiger partial charge in [0.1, 0.15) is 0 Å². The fourth-order valence-electron chi connectivity index (χ4n) is 2.76. The second kappa shape index (κ2) is 7.16. The van der Waals surface area contributed by atoms with Crippen molar-refractivity contribution in [1.82, 2.24) is 14.5 Å². The third-order valence-electron chi connectivity index (χ3n) is 3.96. The van der Waals surface area contributed by atoms with Crippen molar-refractivity contribution in [3.8, 4) is 6.07 Å². The van der Waals surface area contributed by atoms with Crippen LogP contribution >= 0.6 is 0 Å². The first-order chi connectivity index (χ1) is 11.2. The quantitative estimate of drug-likeness (QED) is 0.866. The van der Waals surface area contributed by atoms with Gasteiger partial charge >= 0.3 is 0 Å². The van der Waals surface area contributed by atoms with E-state index in [1.807, 2.05) is 33.9 Å². The second-order valence-corrected chi connectivity index (χ2v) is 7.82. The maximum Gasteiger partial charge on any atom is 0.216 e. The number of nitriles is 1. The highest BCUT2D eigenvalue weighted by Crippen LogP contribution is 2.15. The van der Waals surface area contributed by atoms with Crippen LogP contribution in [0.3, 0.4) is 0 Å². The van der Waals surface area contributed by atoms with Crippen molar-refractivity contribution in [2.45, 2.75) is 39.0 Å². The lowest BCUT2D eigenvalue weighted by Crippen LogP contribution is -2.35. The maximum atomic E-state index is 12.4. The molecule has 0 fully saturated rings. The molecule has 24 heavy (non-hydrogen) atoms. The standard InChI is InChI=1S/C17H22N4O2S/c1-12(8-17-13(2)19-21(4)14(17)3)20-24(22,23)11-16-7-5-6-15(9-16)10-18/h5-7,9,12,20H,8,11H2,1-4H3. The average Bonchev–Trinajstić information content (AvgIpc) is 2.72. The van der Waals surface area contributed by atoms with Crippen LogP contribution in [0.4, 0.5) is 0 Å². The van der Waals surface area contributed by atoms with Crippen LogP contribution in [-0.4, -0.2) is 24.2 Å². The first kappa shape index (κ1) is 18.2. The number of sulfonamides is 1. The van der Waals surface area contributed by atoms with E-state index in [2.05, 4.69) is 9.82 Å². The molecule has 0 aliphatic rings. The average molecular weight is 346 g/mol. The van der Waals surface area contributed by atoms with E-state index in [0.29, 0.717) is 17.5 Å². The van der Waals surface area contributed by atoms with Crippen molar-refractivity contribution >= 4 is 10.0 Å². The molecular weight excluding hydrogens is 324 g/mol. The van der Waals surface area contributed by atoms with Gasteiger partial charge in [0.25, 0.3) is 0 Å². The smallest absolute Gasteiger partial charge is 0.216 e. The van der Waals surface area contributed by atoms with Gasteiger partial charge in [0.15, 0.2) is 0 Å². The van der Waals surface area contributed by atoms with Gasteiger partial charge in [0, 0.05) is 18.8 Å². The van der Waals surface area contributed by atoms with Gasteiger partial charge in [-0.3, -0.25) is 4.68 Å². The van der Waals surface area contributed by atoms with Crippen molar-refractivity contribution < 1.29 is 8.42 Å². The fourth-order valence-corrected chi connectivity index (χ4v) is 4.16. The molecule has 2 rings (SSSR count). The molecular formula is C17H22N4O2S. The zero-order chi connectivity index (χ0) is 17.9. The molecule has 0 aliphatic carbocycles. The van der Waals surface area contributed by atoms with Gasteiger partial charge in [-0.15, -0.1) is 0 Å². The Morgan fingerprint density at radius 3 is 2.67 bits per heavy atom. The number of aryl methyl sites for hydroxylation is 2. The molecule has 6 nitrogen and oxygen atoms in total. The van der Waals surface area contributed by atoms with Crippen molar-refractivity contribution in [2.75, 3.05) is 0 Å². The van der Waals surface area contributed by atoms with Crippen LogP contribution in [-0.2, 0) is 29.2 Å². The van der Waals surface area contributed by atoms with Crippen molar-refractivity contribution in [3.63, 3.8) is 0 Å². The number of hydrogen-bond donors (Lipinski definition) is 1. The summed E-state index contributed by atoms with van der Waals surface area (Å²) in [6.07, 6.45) is 0.586. The summed E-state index contributed by atoms with van der Waals surface area (Å²) >= 11 is 0. The first-order valence-corrected chi connectivity index (χ1v) is 9.35. The lowest BCUT2D eigenvalue weighted by Gasteiger charge is -2.15. The Balaban J connectivity index is 2.07. The Morgan fingerprint density at radius 1 is 1.38 bits per heavy atom. The van der Waals surface area contributed by atoms with E-state index in [0.717, 1.165) is 17.0 Å². The highest BCUT2D eigenvalue weighted by Gasteiger charge is 2.19. The van der Waals surface area contributed by atoms with E-state index in [-0.39, 0.29) is 11.8 Å². The summed E-state index contributed by atoms with van der Waals surface area (Å²) in [6.45, 7) is 5.75. The molecule has 0 amide bonds. The number of hydrogen-bond acceptors (Lipinski definition) is 4. The molecule has 1 aromatic carbocycles. The van der Waals surface area contributed by atoms with Gasteiger partial charge in [-0.05, 0) is 50.5 Å². The highest BCUT2D eigenvalue weighted by atomic mass is 32.2. The summed E-state index contributed by atoms with van der Waals surface area (Å²) in [4.78, 5) is 0. The van der Waals surface area contributed by atoms with Crippen LogP contribution in [0.2, 0.25) is 0 Å². The van der Waals surface area contributed by atoms with E-state index in [1.54, 1.807) is 28.9 Å². The summed E-state index contributed by atoms with van der Waals surface area (Å²) < 4.78 is 29.2.